The van der Waals surface area contributed by atoms with Gasteiger partial charge in [0.25, 0.3) is 0 Å². The van der Waals surface area contributed by atoms with E-state index in [9.17, 15) is 4.79 Å². The Morgan fingerprint density at radius 2 is 1.85 bits per heavy atom. The van der Waals surface area contributed by atoms with Crippen molar-refractivity contribution in [1.82, 2.24) is 4.90 Å². The lowest BCUT2D eigenvalue weighted by Crippen LogP contribution is -2.52. The van der Waals surface area contributed by atoms with Crippen molar-refractivity contribution in [3.8, 4) is 0 Å². The zero-order valence-electron chi connectivity index (χ0n) is 8.51. The smallest absolute Gasteiger partial charge is 0.152 e. The molecule has 0 N–H and O–H groups in total. The maximum atomic E-state index is 11.9. The second kappa shape index (κ2) is 3.41. The Labute approximate surface area is 80.3 Å². The van der Waals surface area contributed by atoms with Crippen LogP contribution in [0.3, 0.4) is 0 Å². The highest BCUT2D eigenvalue weighted by atomic mass is 16.1. The normalized spacial score (nSPS) is 36.8. The summed E-state index contributed by atoms with van der Waals surface area (Å²) in [6.45, 7) is 4.43. The van der Waals surface area contributed by atoms with E-state index in [-0.39, 0.29) is 5.54 Å². The highest BCUT2D eigenvalue weighted by Gasteiger charge is 2.41. The number of likely N-dealkylation sites (tertiary alicyclic amines) is 1. The first-order valence-corrected chi connectivity index (χ1v) is 5.52. The van der Waals surface area contributed by atoms with Crippen LogP contribution in [0.5, 0.6) is 0 Å². The highest BCUT2D eigenvalue weighted by Crippen LogP contribution is 2.32. The van der Waals surface area contributed by atoms with Crippen LogP contribution in [0.2, 0.25) is 0 Å². The molecule has 13 heavy (non-hydrogen) atoms. The standard InChI is InChI=1S/C11H19NO/c1-11(12-8-4-5-9-12)7-3-2-6-10(11)13/h2-9H2,1H3/t11-/m0/s1. The molecule has 2 nitrogen and oxygen atoms in total. The van der Waals surface area contributed by atoms with Crippen LogP contribution in [0.4, 0.5) is 0 Å². The van der Waals surface area contributed by atoms with Crippen molar-refractivity contribution >= 4 is 5.78 Å². The van der Waals surface area contributed by atoms with E-state index in [2.05, 4.69) is 11.8 Å². The predicted molar refractivity (Wildman–Crippen MR) is 52.7 cm³/mol. The summed E-state index contributed by atoms with van der Waals surface area (Å²) in [5.74, 6) is 0.487. The fraction of sp³-hybridized carbons (Fsp3) is 0.909. The lowest BCUT2D eigenvalue weighted by Gasteiger charge is -2.40. The van der Waals surface area contributed by atoms with Gasteiger partial charge in [-0.1, -0.05) is 6.42 Å². The molecule has 0 spiro atoms. The Morgan fingerprint density at radius 1 is 1.15 bits per heavy atom. The van der Waals surface area contributed by atoms with Crippen molar-refractivity contribution in [2.45, 2.75) is 51.0 Å². The molecule has 0 aromatic rings. The van der Waals surface area contributed by atoms with Gasteiger partial charge in [0.1, 0.15) is 0 Å². The summed E-state index contributed by atoms with van der Waals surface area (Å²) in [5.41, 5.74) is -0.0885. The van der Waals surface area contributed by atoms with Crippen LogP contribution in [-0.4, -0.2) is 29.3 Å². The second-order valence-corrected chi connectivity index (χ2v) is 4.60. The molecule has 2 rings (SSSR count). The minimum absolute atomic E-state index is 0.0885. The van der Waals surface area contributed by atoms with Crippen LogP contribution >= 0.6 is 0 Å². The van der Waals surface area contributed by atoms with Gasteiger partial charge in [-0.2, -0.15) is 0 Å². The molecule has 0 amide bonds. The molecule has 1 atom stereocenters. The molecule has 0 radical (unpaired) electrons. The molecule has 1 aliphatic carbocycles. The van der Waals surface area contributed by atoms with Crippen molar-refractivity contribution in [1.29, 1.82) is 0 Å². The third-order valence-corrected chi connectivity index (χ3v) is 3.72. The third-order valence-electron chi connectivity index (χ3n) is 3.72. The fourth-order valence-electron chi connectivity index (χ4n) is 2.71. The molecule has 2 heteroatoms. The van der Waals surface area contributed by atoms with E-state index in [4.69, 9.17) is 0 Å². The van der Waals surface area contributed by atoms with Crippen LogP contribution in [0.1, 0.15) is 45.4 Å². The lowest BCUT2D eigenvalue weighted by atomic mass is 9.81. The summed E-state index contributed by atoms with van der Waals surface area (Å²) in [7, 11) is 0. The van der Waals surface area contributed by atoms with E-state index < -0.39 is 0 Å². The molecule has 74 valence electrons. The van der Waals surface area contributed by atoms with Gasteiger partial charge in [-0.25, -0.2) is 0 Å². The zero-order valence-corrected chi connectivity index (χ0v) is 8.51. The van der Waals surface area contributed by atoms with Crippen molar-refractivity contribution in [2.24, 2.45) is 0 Å². The Balaban J connectivity index is 2.11. The number of carbonyl (C=O) groups is 1. The van der Waals surface area contributed by atoms with Crippen LogP contribution < -0.4 is 0 Å². The van der Waals surface area contributed by atoms with E-state index in [0.29, 0.717) is 5.78 Å². The molecule has 1 heterocycles. The van der Waals surface area contributed by atoms with Gasteiger partial charge in [0.15, 0.2) is 5.78 Å². The molecule has 0 bridgehead atoms. The van der Waals surface area contributed by atoms with Gasteiger partial charge in [0.2, 0.25) is 0 Å². The summed E-state index contributed by atoms with van der Waals surface area (Å²) in [5, 5.41) is 0. The minimum Gasteiger partial charge on any atom is -0.298 e. The summed E-state index contributed by atoms with van der Waals surface area (Å²) in [6.07, 6.45) is 6.81. The quantitative estimate of drug-likeness (QED) is 0.616. The molecule has 1 saturated heterocycles. The third kappa shape index (κ3) is 1.52. The maximum absolute atomic E-state index is 11.9. The fourth-order valence-corrected chi connectivity index (χ4v) is 2.71. The van der Waals surface area contributed by atoms with Gasteiger partial charge >= 0.3 is 0 Å². The molecule has 2 fully saturated rings. The topological polar surface area (TPSA) is 20.3 Å². The number of carbonyl (C=O) groups excluding carboxylic acids is 1. The maximum Gasteiger partial charge on any atom is 0.152 e. The van der Waals surface area contributed by atoms with Gasteiger partial charge in [0, 0.05) is 6.42 Å². The van der Waals surface area contributed by atoms with Crippen LogP contribution in [0.25, 0.3) is 0 Å². The number of hydrogen-bond donors (Lipinski definition) is 0. The molecular formula is C11H19NO. The molecule has 0 aromatic carbocycles. The lowest BCUT2D eigenvalue weighted by molar-refractivity contribution is -0.132. The van der Waals surface area contributed by atoms with E-state index in [0.717, 1.165) is 32.4 Å². The molecule has 1 aliphatic heterocycles. The van der Waals surface area contributed by atoms with Crippen molar-refractivity contribution in [3.05, 3.63) is 0 Å². The zero-order chi connectivity index (χ0) is 9.31. The number of ketones is 1. The molecule has 0 unspecified atom stereocenters. The number of Topliss-reactive ketones (excluding diaryl/α,β-unsaturated/α-hetero) is 1. The monoisotopic (exact) mass is 181 g/mol. The SMILES string of the molecule is C[C@]1(N2CCCC2)CCCCC1=O. The summed E-state index contributed by atoms with van der Waals surface area (Å²) in [4.78, 5) is 14.3. The Hall–Kier alpha value is -0.370. The minimum atomic E-state index is -0.0885. The molecule has 0 aromatic heterocycles. The number of nitrogens with zero attached hydrogens (tertiary/aromatic N) is 1. The van der Waals surface area contributed by atoms with Gasteiger partial charge in [-0.05, 0) is 45.7 Å². The van der Waals surface area contributed by atoms with Crippen LogP contribution in [0.15, 0.2) is 0 Å². The van der Waals surface area contributed by atoms with E-state index >= 15 is 0 Å². The van der Waals surface area contributed by atoms with Crippen LogP contribution in [0, 0.1) is 0 Å². The predicted octanol–water partition coefficient (Wildman–Crippen LogP) is 1.98. The van der Waals surface area contributed by atoms with Gasteiger partial charge in [-0.3, -0.25) is 9.69 Å². The van der Waals surface area contributed by atoms with Gasteiger partial charge in [0.05, 0.1) is 5.54 Å². The highest BCUT2D eigenvalue weighted by molar-refractivity contribution is 5.88. The largest absolute Gasteiger partial charge is 0.298 e. The summed E-state index contributed by atoms with van der Waals surface area (Å²) >= 11 is 0. The first-order valence-electron chi connectivity index (χ1n) is 5.52. The average molecular weight is 181 g/mol. The van der Waals surface area contributed by atoms with E-state index in [1.807, 2.05) is 0 Å². The second-order valence-electron chi connectivity index (χ2n) is 4.60. The number of rotatable bonds is 1. The summed E-state index contributed by atoms with van der Waals surface area (Å²) < 4.78 is 0. The Morgan fingerprint density at radius 3 is 2.46 bits per heavy atom. The molecular weight excluding hydrogens is 162 g/mol. The molecule has 2 aliphatic rings. The Kier molecular flexibility index (Phi) is 2.41. The van der Waals surface area contributed by atoms with Crippen LogP contribution in [-0.2, 0) is 4.79 Å². The van der Waals surface area contributed by atoms with Crippen molar-refractivity contribution in [2.75, 3.05) is 13.1 Å². The van der Waals surface area contributed by atoms with Crippen molar-refractivity contribution < 1.29 is 4.79 Å². The number of hydrogen-bond acceptors (Lipinski definition) is 2. The average Bonchev–Trinajstić information content (AvgIpc) is 2.63. The van der Waals surface area contributed by atoms with E-state index in [1.165, 1.54) is 19.3 Å². The first-order chi connectivity index (χ1) is 6.23. The first kappa shape index (κ1) is 9.20. The van der Waals surface area contributed by atoms with E-state index in [1.54, 1.807) is 0 Å². The van der Waals surface area contributed by atoms with Crippen molar-refractivity contribution in [3.63, 3.8) is 0 Å². The Bertz CT molecular complexity index is 208. The van der Waals surface area contributed by atoms with Gasteiger partial charge < -0.3 is 0 Å². The van der Waals surface area contributed by atoms with Gasteiger partial charge in [-0.15, -0.1) is 0 Å². The molecule has 1 saturated carbocycles. The summed E-state index contributed by atoms with van der Waals surface area (Å²) in [6, 6.07) is 0.